The van der Waals surface area contributed by atoms with Gasteiger partial charge in [0.25, 0.3) is 0 Å². The lowest BCUT2D eigenvalue weighted by Crippen LogP contribution is -2.55. The molecule has 0 aliphatic carbocycles. The molecule has 0 saturated heterocycles. The number of nitrogens with two attached hydrogens (primary N) is 1. The molecule has 0 saturated carbocycles. The molecule has 0 aromatic carbocycles. The number of rotatable bonds is 7. The van der Waals surface area contributed by atoms with E-state index < -0.39 is 35.9 Å². The second-order valence-electron chi connectivity index (χ2n) is 4.58. The van der Waals surface area contributed by atoms with Gasteiger partial charge >= 0.3 is 5.97 Å². The smallest absolute Gasteiger partial charge is 0.325 e. The Morgan fingerprint density at radius 2 is 1.68 bits per heavy atom. The van der Waals surface area contributed by atoms with Gasteiger partial charge in [0.15, 0.2) is 0 Å². The molecule has 8 heteroatoms. The molecule has 0 fully saturated rings. The monoisotopic (exact) mass is 291 g/mol. The minimum atomic E-state index is -1.16. The standard InChI is InChI=1S/C11H21N3O4S/c1-5(2)8(12)10(16)14-7(4-19)9(15)13-6(3)11(17)18/h5-8,19H,4,12H2,1-3H3,(H,13,15)(H,14,16)(H,17,18). The van der Waals surface area contributed by atoms with Gasteiger partial charge in [0, 0.05) is 5.75 Å². The van der Waals surface area contributed by atoms with Gasteiger partial charge in [0.05, 0.1) is 6.04 Å². The van der Waals surface area contributed by atoms with Crippen molar-refractivity contribution in [2.75, 3.05) is 5.75 Å². The topological polar surface area (TPSA) is 122 Å². The van der Waals surface area contributed by atoms with Crippen molar-refractivity contribution in [2.45, 2.75) is 38.9 Å². The molecule has 0 rings (SSSR count). The Balaban J connectivity index is 4.54. The Morgan fingerprint density at radius 3 is 2.05 bits per heavy atom. The number of hydrogen-bond acceptors (Lipinski definition) is 5. The molecular weight excluding hydrogens is 270 g/mol. The first-order valence-electron chi connectivity index (χ1n) is 5.90. The van der Waals surface area contributed by atoms with Crippen molar-refractivity contribution in [3.8, 4) is 0 Å². The third-order valence-corrected chi connectivity index (χ3v) is 2.93. The van der Waals surface area contributed by atoms with E-state index >= 15 is 0 Å². The quantitative estimate of drug-likeness (QED) is 0.384. The van der Waals surface area contributed by atoms with Crippen LogP contribution in [0.15, 0.2) is 0 Å². The normalized spacial score (nSPS) is 15.5. The van der Waals surface area contributed by atoms with E-state index in [0.29, 0.717) is 0 Å². The SMILES string of the molecule is CC(NC(=O)C(CS)NC(=O)C(N)C(C)C)C(=O)O. The lowest BCUT2D eigenvalue weighted by Gasteiger charge is -2.21. The molecule has 5 N–H and O–H groups in total. The Morgan fingerprint density at radius 1 is 1.16 bits per heavy atom. The molecule has 3 atom stereocenters. The van der Waals surface area contributed by atoms with E-state index in [9.17, 15) is 14.4 Å². The highest BCUT2D eigenvalue weighted by atomic mass is 32.1. The fraction of sp³-hybridized carbons (Fsp3) is 0.727. The molecule has 0 bridgehead atoms. The van der Waals surface area contributed by atoms with E-state index in [1.54, 1.807) is 13.8 Å². The third kappa shape index (κ3) is 5.93. The summed E-state index contributed by atoms with van der Waals surface area (Å²) >= 11 is 3.96. The zero-order chi connectivity index (χ0) is 15.2. The zero-order valence-corrected chi connectivity index (χ0v) is 12.1. The first-order valence-corrected chi connectivity index (χ1v) is 6.54. The summed E-state index contributed by atoms with van der Waals surface area (Å²) in [6.07, 6.45) is 0. The second kappa shape index (κ2) is 8.00. The van der Waals surface area contributed by atoms with E-state index in [1.165, 1.54) is 6.92 Å². The molecule has 7 nitrogen and oxygen atoms in total. The van der Waals surface area contributed by atoms with E-state index in [1.807, 2.05) is 0 Å². The Hall–Kier alpha value is -1.28. The first kappa shape index (κ1) is 17.7. The van der Waals surface area contributed by atoms with E-state index in [0.717, 1.165) is 0 Å². The molecule has 0 aliphatic rings. The summed E-state index contributed by atoms with van der Waals surface area (Å²) in [5.41, 5.74) is 5.65. The molecule has 110 valence electrons. The van der Waals surface area contributed by atoms with Gasteiger partial charge in [-0.2, -0.15) is 12.6 Å². The van der Waals surface area contributed by atoms with Gasteiger partial charge < -0.3 is 21.5 Å². The molecule has 0 heterocycles. The average molecular weight is 291 g/mol. The maximum absolute atomic E-state index is 11.7. The summed E-state index contributed by atoms with van der Waals surface area (Å²) < 4.78 is 0. The van der Waals surface area contributed by atoms with Crippen molar-refractivity contribution in [1.82, 2.24) is 10.6 Å². The summed E-state index contributed by atoms with van der Waals surface area (Å²) in [5, 5.41) is 13.4. The van der Waals surface area contributed by atoms with Crippen LogP contribution in [0, 0.1) is 5.92 Å². The van der Waals surface area contributed by atoms with Crippen LogP contribution in [0.3, 0.4) is 0 Å². The van der Waals surface area contributed by atoms with Crippen LogP contribution < -0.4 is 16.4 Å². The summed E-state index contributed by atoms with van der Waals surface area (Å²) in [4.78, 5) is 34.1. The van der Waals surface area contributed by atoms with E-state index in [2.05, 4.69) is 23.3 Å². The lowest BCUT2D eigenvalue weighted by molar-refractivity contribution is -0.141. The van der Waals surface area contributed by atoms with Gasteiger partial charge in [-0.1, -0.05) is 13.8 Å². The Kier molecular flexibility index (Phi) is 7.47. The minimum Gasteiger partial charge on any atom is -0.480 e. The first-order chi connectivity index (χ1) is 8.70. The van der Waals surface area contributed by atoms with Gasteiger partial charge in [-0.15, -0.1) is 0 Å². The molecule has 0 spiro atoms. The van der Waals surface area contributed by atoms with Crippen molar-refractivity contribution in [2.24, 2.45) is 11.7 Å². The number of carboxylic acids is 1. The lowest BCUT2D eigenvalue weighted by atomic mass is 10.0. The fourth-order valence-electron chi connectivity index (χ4n) is 1.14. The van der Waals surface area contributed by atoms with Crippen LogP contribution in [0.2, 0.25) is 0 Å². The third-order valence-electron chi connectivity index (χ3n) is 2.57. The number of aliphatic carboxylic acids is 1. The van der Waals surface area contributed by atoms with E-state index in [-0.39, 0.29) is 11.7 Å². The van der Waals surface area contributed by atoms with Crippen LogP contribution in [-0.2, 0) is 14.4 Å². The summed E-state index contributed by atoms with van der Waals surface area (Å²) in [6, 6.07) is -2.68. The highest BCUT2D eigenvalue weighted by Crippen LogP contribution is 2.00. The van der Waals surface area contributed by atoms with E-state index in [4.69, 9.17) is 10.8 Å². The van der Waals surface area contributed by atoms with Crippen molar-refractivity contribution in [3.63, 3.8) is 0 Å². The maximum atomic E-state index is 11.7. The summed E-state index contributed by atoms with van der Waals surface area (Å²) in [6.45, 7) is 4.90. The fourth-order valence-corrected chi connectivity index (χ4v) is 1.40. The minimum absolute atomic E-state index is 0.0503. The molecule has 2 amide bonds. The van der Waals surface area contributed by atoms with Crippen molar-refractivity contribution >= 4 is 30.4 Å². The number of carboxylic acid groups (broad SMARTS) is 1. The number of thiol groups is 1. The van der Waals surface area contributed by atoms with Gasteiger partial charge in [-0.3, -0.25) is 14.4 Å². The van der Waals surface area contributed by atoms with Crippen LogP contribution >= 0.6 is 12.6 Å². The molecular formula is C11H21N3O4S. The Labute approximate surface area is 117 Å². The number of carbonyl (C=O) groups excluding carboxylic acids is 2. The number of nitrogens with one attached hydrogen (secondary N) is 2. The van der Waals surface area contributed by atoms with Gasteiger partial charge in [-0.25, -0.2) is 0 Å². The molecule has 3 unspecified atom stereocenters. The molecule has 0 radical (unpaired) electrons. The van der Waals surface area contributed by atoms with Crippen molar-refractivity contribution < 1.29 is 19.5 Å². The average Bonchev–Trinajstić information content (AvgIpc) is 2.33. The van der Waals surface area contributed by atoms with Crippen LogP contribution in [0.5, 0.6) is 0 Å². The molecule has 19 heavy (non-hydrogen) atoms. The Bertz CT molecular complexity index is 349. The second-order valence-corrected chi connectivity index (χ2v) is 4.95. The van der Waals surface area contributed by atoms with Gasteiger partial charge in [0.2, 0.25) is 11.8 Å². The number of carbonyl (C=O) groups is 3. The predicted octanol–water partition coefficient (Wildman–Crippen LogP) is -1.03. The summed E-state index contributed by atoms with van der Waals surface area (Å²) in [7, 11) is 0. The predicted molar refractivity (Wildman–Crippen MR) is 73.8 cm³/mol. The highest BCUT2D eigenvalue weighted by Gasteiger charge is 2.26. The van der Waals surface area contributed by atoms with Gasteiger partial charge in [0.1, 0.15) is 12.1 Å². The van der Waals surface area contributed by atoms with Crippen molar-refractivity contribution in [3.05, 3.63) is 0 Å². The summed E-state index contributed by atoms with van der Waals surface area (Å²) in [5.74, 6) is -2.24. The maximum Gasteiger partial charge on any atom is 0.325 e. The molecule has 0 aliphatic heterocycles. The van der Waals surface area contributed by atoms with Crippen LogP contribution in [0.25, 0.3) is 0 Å². The van der Waals surface area contributed by atoms with Gasteiger partial charge in [-0.05, 0) is 12.8 Å². The van der Waals surface area contributed by atoms with Crippen LogP contribution in [0.4, 0.5) is 0 Å². The van der Waals surface area contributed by atoms with Crippen LogP contribution in [0.1, 0.15) is 20.8 Å². The molecule has 0 aromatic rings. The zero-order valence-electron chi connectivity index (χ0n) is 11.2. The molecule has 0 aromatic heterocycles. The van der Waals surface area contributed by atoms with Crippen LogP contribution in [-0.4, -0.2) is 46.8 Å². The largest absolute Gasteiger partial charge is 0.480 e. The van der Waals surface area contributed by atoms with Crippen molar-refractivity contribution in [1.29, 1.82) is 0 Å². The number of amides is 2. The number of hydrogen-bond donors (Lipinski definition) is 5. The highest BCUT2D eigenvalue weighted by molar-refractivity contribution is 7.80.